The highest BCUT2D eigenvalue weighted by Gasteiger charge is 1.74. The molecule has 1 N–H and O–H groups in total. The maximum atomic E-state index is 8.63. The summed E-state index contributed by atoms with van der Waals surface area (Å²) in [5.74, 6) is 0.322. The first-order valence-electron chi connectivity index (χ1n) is 6.13. The van der Waals surface area contributed by atoms with Gasteiger partial charge in [-0.1, -0.05) is 54.6 Å². The second kappa shape index (κ2) is 13.3. The number of ether oxygens (including phenoxy) is 1. The van der Waals surface area contributed by atoms with Crippen molar-refractivity contribution in [3.05, 3.63) is 66.7 Å². The molecule has 2 nitrogen and oxygen atoms in total. The number of phenolic OH excluding ortho intramolecular Hbond substituents is 1. The molecule has 0 aliphatic heterocycles. The molecule has 0 saturated carbocycles. The predicted molar refractivity (Wildman–Crippen MR) is 76.7 cm³/mol. The Bertz CT molecular complexity index is 317. The van der Waals surface area contributed by atoms with Crippen LogP contribution in [0, 0.1) is 0 Å². The fourth-order valence-electron chi connectivity index (χ4n) is 1.02. The zero-order chi connectivity index (χ0) is 13.5. The van der Waals surface area contributed by atoms with Gasteiger partial charge in [0.1, 0.15) is 5.75 Å². The second-order valence-corrected chi connectivity index (χ2v) is 3.27. The Labute approximate surface area is 110 Å². The van der Waals surface area contributed by atoms with Crippen LogP contribution < -0.4 is 0 Å². The monoisotopic (exact) mass is 246 g/mol. The number of benzene rings is 2. The van der Waals surface area contributed by atoms with Crippen LogP contribution in [0.1, 0.15) is 13.8 Å². The summed E-state index contributed by atoms with van der Waals surface area (Å²) in [5, 5.41) is 8.63. The maximum absolute atomic E-state index is 8.63. The molecule has 0 fully saturated rings. The van der Waals surface area contributed by atoms with Crippen LogP contribution in [0.15, 0.2) is 66.7 Å². The van der Waals surface area contributed by atoms with Crippen molar-refractivity contribution in [3.8, 4) is 5.75 Å². The predicted octanol–water partition coefficient (Wildman–Crippen LogP) is 4.12. The Morgan fingerprint density at radius 1 is 0.722 bits per heavy atom. The summed E-state index contributed by atoms with van der Waals surface area (Å²) in [7, 11) is 0. The standard InChI is InChI=1S/C6H6O.C6H6.C4H10O/c7-6-4-2-1-3-5-6;1-2-4-6-5-3-1;1-3-5-4-2/h1-5,7H;1-6H;3-4H2,1-2H3. The molecule has 2 rings (SSSR count). The van der Waals surface area contributed by atoms with E-state index in [0.29, 0.717) is 5.75 Å². The number of rotatable bonds is 2. The minimum atomic E-state index is 0.322. The highest BCUT2D eigenvalue weighted by molar-refractivity contribution is 5.18. The van der Waals surface area contributed by atoms with Crippen molar-refractivity contribution < 1.29 is 9.84 Å². The first-order valence-corrected chi connectivity index (χ1v) is 6.13. The molecule has 0 aromatic heterocycles. The minimum Gasteiger partial charge on any atom is -0.508 e. The van der Waals surface area contributed by atoms with Crippen molar-refractivity contribution in [2.24, 2.45) is 0 Å². The van der Waals surface area contributed by atoms with Crippen LogP contribution in [0.25, 0.3) is 0 Å². The van der Waals surface area contributed by atoms with Gasteiger partial charge in [0.2, 0.25) is 0 Å². The second-order valence-electron chi connectivity index (χ2n) is 3.27. The van der Waals surface area contributed by atoms with Crippen LogP contribution in [-0.4, -0.2) is 18.3 Å². The number of hydrogen-bond donors (Lipinski definition) is 1. The van der Waals surface area contributed by atoms with Gasteiger partial charge in [0.15, 0.2) is 0 Å². The molecular weight excluding hydrogens is 224 g/mol. The highest BCUT2D eigenvalue weighted by Crippen LogP contribution is 2.02. The summed E-state index contributed by atoms with van der Waals surface area (Å²) >= 11 is 0. The summed E-state index contributed by atoms with van der Waals surface area (Å²) in [6.07, 6.45) is 0. The molecule has 0 atom stereocenters. The summed E-state index contributed by atoms with van der Waals surface area (Å²) in [6.45, 7) is 5.67. The lowest BCUT2D eigenvalue weighted by molar-refractivity contribution is 0.162. The third kappa shape index (κ3) is 12.3. The molecule has 0 spiro atoms. The van der Waals surface area contributed by atoms with E-state index in [2.05, 4.69) is 0 Å². The van der Waals surface area contributed by atoms with Crippen LogP contribution in [0.4, 0.5) is 0 Å². The molecule has 0 aliphatic carbocycles. The lowest BCUT2D eigenvalue weighted by atomic mass is 10.3. The molecule has 98 valence electrons. The van der Waals surface area contributed by atoms with E-state index in [4.69, 9.17) is 9.84 Å². The van der Waals surface area contributed by atoms with Gasteiger partial charge >= 0.3 is 0 Å². The summed E-state index contributed by atoms with van der Waals surface area (Å²) in [6, 6.07) is 20.7. The molecule has 0 heterocycles. The minimum absolute atomic E-state index is 0.322. The fraction of sp³-hybridized carbons (Fsp3) is 0.250. The first-order chi connectivity index (χ1) is 8.81. The number of aromatic hydroxyl groups is 1. The van der Waals surface area contributed by atoms with Crippen molar-refractivity contribution in [2.45, 2.75) is 13.8 Å². The van der Waals surface area contributed by atoms with Crippen molar-refractivity contribution in [1.82, 2.24) is 0 Å². The Hall–Kier alpha value is -1.80. The van der Waals surface area contributed by atoms with Gasteiger partial charge in [-0.15, -0.1) is 0 Å². The lowest BCUT2D eigenvalue weighted by Gasteiger charge is -1.86. The number of para-hydroxylation sites is 1. The molecular formula is C16H22O2. The molecule has 2 aromatic rings. The molecule has 18 heavy (non-hydrogen) atoms. The quantitative estimate of drug-likeness (QED) is 0.863. The molecule has 0 amide bonds. The van der Waals surface area contributed by atoms with Gasteiger partial charge in [-0.2, -0.15) is 0 Å². The average Bonchev–Trinajstić information content (AvgIpc) is 2.44. The first kappa shape index (κ1) is 16.2. The largest absolute Gasteiger partial charge is 0.508 e. The van der Waals surface area contributed by atoms with E-state index in [-0.39, 0.29) is 0 Å². The van der Waals surface area contributed by atoms with E-state index in [1.807, 2.05) is 56.3 Å². The van der Waals surface area contributed by atoms with Gasteiger partial charge in [0.25, 0.3) is 0 Å². The molecule has 0 bridgehead atoms. The molecule has 0 saturated heterocycles. The average molecular weight is 246 g/mol. The normalized spacial score (nSPS) is 8.33. The van der Waals surface area contributed by atoms with Crippen molar-refractivity contribution in [3.63, 3.8) is 0 Å². The van der Waals surface area contributed by atoms with Crippen LogP contribution in [0.5, 0.6) is 5.75 Å². The highest BCUT2D eigenvalue weighted by atomic mass is 16.5. The van der Waals surface area contributed by atoms with Crippen molar-refractivity contribution in [2.75, 3.05) is 13.2 Å². The Balaban J connectivity index is 0.000000245. The lowest BCUT2D eigenvalue weighted by Crippen LogP contribution is -1.84. The van der Waals surface area contributed by atoms with E-state index < -0.39 is 0 Å². The summed E-state index contributed by atoms with van der Waals surface area (Å²) < 4.78 is 4.83. The van der Waals surface area contributed by atoms with Crippen molar-refractivity contribution in [1.29, 1.82) is 0 Å². The molecule has 0 radical (unpaired) electrons. The van der Waals surface area contributed by atoms with Crippen LogP contribution >= 0.6 is 0 Å². The summed E-state index contributed by atoms with van der Waals surface area (Å²) in [5.41, 5.74) is 0. The number of phenols is 1. The van der Waals surface area contributed by atoms with Crippen molar-refractivity contribution >= 4 is 0 Å². The van der Waals surface area contributed by atoms with Crippen LogP contribution in [0.3, 0.4) is 0 Å². The fourth-order valence-corrected chi connectivity index (χ4v) is 1.02. The molecule has 2 aromatic carbocycles. The van der Waals surface area contributed by atoms with E-state index in [1.54, 1.807) is 24.3 Å². The van der Waals surface area contributed by atoms with Gasteiger partial charge in [-0.25, -0.2) is 0 Å². The smallest absolute Gasteiger partial charge is 0.115 e. The summed E-state index contributed by atoms with van der Waals surface area (Å²) in [4.78, 5) is 0. The third-order valence-electron chi connectivity index (χ3n) is 1.83. The molecule has 0 aliphatic rings. The molecule has 2 heteroatoms. The van der Waals surface area contributed by atoms with Gasteiger partial charge in [-0.05, 0) is 26.0 Å². The number of hydrogen-bond acceptors (Lipinski definition) is 2. The van der Waals surface area contributed by atoms with E-state index >= 15 is 0 Å². The molecule has 0 unspecified atom stereocenters. The Morgan fingerprint density at radius 3 is 1.22 bits per heavy atom. The van der Waals surface area contributed by atoms with E-state index in [1.165, 1.54) is 0 Å². The Morgan fingerprint density at radius 2 is 1.06 bits per heavy atom. The van der Waals surface area contributed by atoms with Gasteiger partial charge in [-0.3, -0.25) is 0 Å². The SMILES string of the molecule is CCOCC.Oc1ccccc1.c1ccccc1. The maximum Gasteiger partial charge on any atom is 0.115 e. The van der Waals surface area contributed by atoms with Gasteiger partial charge in [0, 0.05) is 13.2 Å². The van der Waals surface area contributed by atoms with Crippen LogP contribution in [0.2, 0.25) is 0 Å². The zero-order valence-electron chi connectivity index (χ0n) is 11.1. The zero-order valence-corrected chi connectivity index (χ0v) is 11.1. The Kier molecular flexibility index (Phi) is 11.9. The topological polar surface area (TPSA) is 29.5 Å². The van der Waals surface area contributed by atoms with Crippen LogP contribution in [-0.2, 0) is 4.74 Å². The van der Waals surface area contributed by atoms with Gasteiger partial charge in [0.05, 0.1) is 0 Å². The third-order valence-corrected chi connectivity index (χ3v) is 1.83. The van der Waals surface area contributed by atoms with E-state index in [0.717, 1.165) is 13.2 Å². The van der Waals surface area contributed by atoms with Gasteiger partial charge < -0.3 is 9.84 Å². The van der Waals surface area contributed by atoms with E-state index in [9.17, 15) is 0 Å².